The quantitative estimate of drug-likeness (QED) is 0.636. The first-order chi connectivity index (χ1) is 8.73. The molecule has 0 saturated carbocycles. The van der Waals surface area contributed by atoms with E-state index in [0.717, 1.165) is 0 Å². The molecule has 1 nitrogen and oxygen atoms in total. The van der Waals surface area contributed by atoms with E-state index in [1.165, 1.54) is 0 Å². The Morgan fingerprint density at radius 1 is 0.800 bits per heavy atom. The summed E-state index contributed by atoms with van der Waals surface area (Å²) in [7, 11) is 0. The molecular weight excluding hydrogens is 331 g/mol. The van der Waals surface area contributed by atoms with E-state index in [1.807, 2.05) is 0 Å². The second kappa shape index (κ2) is 4.90. The standard InChI is InChI=1S/C9H2ClF9O/c10-4-2-1-3(7(11,12)13)6(20-9(17,18)19)5(4)8(14,15)16/h1-2H. The fourth-order valence-electron chi connectivity index (χ4n) is 1.27. The van der Waals surface area contributed by atoms with Gasteiger partial charge in [-0.25, -0.2) is 0 Å². The summed E-state index contributed by atoms with van der Waals surface area (Å²) in [6, 6.07) is 0.162. The van der Waals surface area contributed by atoms with Crippen LogP contribution < -0.4 is 4.74 Å². The fraction of sp³-hybridized carbons (Fsp3) is 0.333. The Balaban J connectivity index is 3.65. The Morgan fingerprint density at radius 3 is 1.65 bits per heavy atom. The van der Waals surface area contributed by atoms with Crippen LogP contribution in [0.15, 0.2) is 12.1 Å². The maximum absolute atomic E-state index is 12.6. The third kappa shape index (κ3) is 3.84. The first-order valence-electron chi connectivity index (χ1n) is 4.46. The summed E-state index contributed by atoms with van der Waals surface area (Å²) in [6.07, 6.45) is -16.8. The minimum absolute atomic E-state index is 0.0291. The van der Waals surface area contributed by atoms with Gasteiger partial charge in [-0.05, 0) is 12.1 Å². The van der Waals surface area contributed by atoms with Crippen molar-refractivity contribution >= 4 is 11.6 Å². The molecular formula is C9H2ClF9O. The van der Waals surface area contributed by atoms with Crippen molar-refractivity contribution in [3.05, 3.63) is 28.3 Å². The molecule has 0 fully saturated rings. The third-order valence-electron chi connectivity index (χ3n) is 1.91. The van der Waals surface area contributed by atoms with Crippen molar-refractivity contribution < 1.29 is 44.3 Å². The second-order valence-electron chi connectivity index (χ2n) is 3.34. The van der Waals surface area contributed by atoms with E-state index < -0.39 is 40.6 Å². The van der Waals surface area contributed by atoms with Crippen LogP contribution in [0.1, 0.15) is 11.1 Å². The van der Waals surface area contributed by atoms with E-state index in [9.17, 15) is 39.5 Å². The smallest absolute Gasteiger partial charge is 0.404 e. The number of hydrogen-bond donors (Lipinski definition) is 0. The highest BCUT2D eigenvalue weighted by atomic mass is 35.5. The summed E-state index contributed by atoms with van der Waals surface area (Å²) in [6.45, 7) is 0. The Hall–Kier alpha value is -1.32. The number of benzene rings is 1. The molecule has 0 N–H and O–H groups in total. The van der Waals surface area contributed by atoms with Crippen LogP contribution in [0.3, 0.4) is 0 Å². The highest BCUT2D eigenvalue weighted by Gasteiger charge is 2.47. The van der Waals surface area contributed by atoms with E-state index in [-0.39, 0.29) is 12.1 Å². The van der Waals surface area contributed by atoms with Crippen molar-refractivity contribution in [1.29, 1.82) is 0 Å². The molecule has 0 aromatic heterocycles. The van der Waals surface area contributed by atoms with Gasteiger partial charge in [-0.15, -0.1) is 13.2 Å². The van der Waals surface area contributed by atoms with Crippen molar-refractivity contribution in [1.82, 2.24) is 0 Å². The zero-order valence-corrected chi connectivity index (χ0v) is 9.60. The molecule has 0 heterocycles. The van der Waals surface area contributed by atoms with Crippen LogP contribution in [-0.4, -0.2) is 6.36 Å². The lowest BCUT2D eigenvalue weighted by Gasteiger charge is -2.20. The van der Waals surface area contributed by atoms with Crippen molar-refractivity contribution in [3.63, 3.8) is 0 Å². The topological polar surface area (TPSA) is 9.23 Å². The highest BCUT2D eigenvalue weighted by Crippen LogP contribution is 2.48. The number of ether oxygens (including phenoxy) is 1. The van der Waals surface area contributed by atoms with Crippen LogP contribution in [-0.2, 0) is 12.4 Å². The van der Waals surface area contributed by atoms with Crippen molar-refractivity contribution in [2.24, 2.45) is 0 Å². The van der Waals surface area contributed by atoms with Crippen molar-refractivity contribution in [3.8, 4) is 5.75 Å². The largest absolute Gasteiger partial charge is 0.573 e. The maximum atomic E-state index is 12.6. The van der Waals surface area contributed by atoms with Crippen molar-refractivity contribution in [2.75, 3.05) is 0 Å². The summed E-state index contributed by atoms with van der Waals surface area (Å²) < 4.78 is 114. The van der Waals surface area contributed by atoms with Crippen LogP contribution in [0.2, 0.25) is 5.02 Å². The minimum atomic E-state index is -5.75. The monoisotopic (exact) mass is 332 g/mol. The van der Waals surface area contributed by atoms with E-state index in [4.69, 9.17) is 11.6 Å². The molecule has 0 bridgehead atoms. The molecule has 0 aliphatic heterocycles. The lowest BCUT2D eigenvalue weighted by atomic mass is 10.1. The average Bonchev–Trinajstić information content (AvgIpc) is 2.09. The molecule has 0 amide bonds. The molecule has 1 aromatic rings. The highest BCUT2D eigenvalue weighted by molar-refractivity contribution is 6.31. The van der Waals surface area contributed by atoms with E-state index in [1.54, 1.807) is 0 Å². The Kier molecular flexibility index (Phi) is 4.10. The lowest BCUT2D eigenvalue weighted by molar-refractivity contribution is -0.278. The zero-order valence-electron chi connectivity index (χ0n) is 8.84. The van der Waals surface area contributed by atoms with Crippen LogP contribution in [0.25, 0.3) is 0 Å². The van der Waals surface area contributed by atoms with Crippen LogP contribution in [0.4, 0.5) is 39.5 Å². The number of hydrogen-bond acceptors (Lipinski definition) is 1. The Labute approximate surface area is 109 Å². The Morgan fingerprint density at radius 2 is 1.30 bits per heavy atom. The molecule has 0 saturated heterocycles. The third-order valence-corrected chi connectivity index (χ3v) is 2.23. The van der Waals surface area contributed by atoms with Gasteiger partial charge in [-0.3, -0.25) is 0 Å². The summed E-state index contributed by atoms with van der Waals surface area (Å²) in [5.74, 6) is -2.43. The summed E-state index contributed by atoms with van der Waals surface area (Å²) >= 11 is 5.03. The van der Waals surface area contributed by atoms with Gasteiger partial charge in [-0.2, -0.15) is 26.3 Å². The average molecular weight is 333 g/mol. The fourth-order valence-corrected chi connectivity index (χ4v) is 1.52. The van der Waals surface area contributed by atoms with E-state index in [2.05, 4.69) is 4.74 Å². The number of rotatable bonds is 1. The molecule has 0 radical (unpaired) electrons. The van der Waals surface area contributed by atoms with Crippen LogP contribution >= 0.6 is 11.6 Å². The molecule has 20 heavy (non-hydrogen) atoms. The Bertz CT molecular complexity index is 500. The van der Waals surface area contributed by atoms with Gasteiger partial charge in [0.2, 0.25) is 0 Å². The van der Waals surface area contributed by atoms with E-state index >= 15 is 0 Å². The van der Waals surface area contributed by atoms with Gasteiger partial charge in [0.1, 0.15) is 5.56 Å². The summed E-state index contributed by atoms with van der Waals surface area (Å²) in [5, 5.41) is -1.34. The molecule has 0 unspecified atom stereocenters. The molecule has 114 valence electrons. The predicted molar refractivity (Wildman–Crippen MR) is 48.1 cm³/mol. The van der Waals surface area contributed by atoms with Gasteiger partial charge in [0.05, 0.1) is 10.6 Å². The van der Waals surface area contributed by atoms with Crippen molar-refractivity contribution in [2.45, 2.75) is 18.7 Å². The van der Waals surface area contributed by atoms with Gasteiger partial charge in [0, 0.05) is 0 Å². The molecule has 0 aliphatic carbocycles. The first kappa shape index (κ1) is 16.7. The molecule has 1 rings (SSSR count). The molecule has 11 heteroatoms. The SMILES string of the molecule is FC(F)(F)Oc1c(C(F)(F)F)ccc(Cl)c1C(F)(F)F. The predicted octanol–water partition coefficient (Wildman–Crippen LogP) is 5.28. The molecule has 0 atom stereocenters. The first-order valence-corrected chi connectivity index (χ1v) is 4.84. The van der Waals surface area contributed by atoms with Gasteiger partial charge in [-0.1, -0.05) is 11.6 Å². The number of halogens is 10. The zero-order chi connectivity index (χ0) is 15.9. The lowest BCUT2D eigenvalue weighted by Crippen LogP contribution is -2.23. The van der Waals surface area contributed by atoms with Crippen LogP contribution in [0.5, 0.6) is 5.75 Å². The van der Waals surface area contributed by atoms with E-state index in [0.29, 0.717) is 0 Å². The molecule has 1 aromatic carbocycles. The minimum Gasteiger partial charge on any atom is -0.404 e. The maximum Gasteiger partial charge on any atom is 0.573 e. The van der Waals surface area contributed by atoms with Gasteiger partial charge in [0.25, 0.3) is 0 Å². The van der Waals surface area contributed by atoms with Crippen LogP contribution in [0, 0.1) is 0 Å². The normalized spacial score (nSPS) is 13.5. The molecule has 0 spiro atoms. The van der Waals surface area contributed by atoms with Gasteiger partial charge in [0.15, 0.2) is 5.75 Å². The summed E-state index contributed by atoms with van der Waals surface area (Å²) in [5.41, 5.74) is -4.57. The van der Waals surface area contributed by atoms with Gasteiger partial charge < -0.3 is 4.74 Å². The summed E-state index contributed by atoms with van der Waals surface area (Å²) in [4.78, 5) is 0. The second-order valence-corrected chi connectivity index (χ2v) is 3.75. The number of alkyl halides is 9. The molecule has 0 aliphatic rings. The van der Waals surface area contributed by atoms with Gasteiger partial charge >= 0.3 is 18.7 Å².